The molecule has 5 heteroatoms. The number of hydrogen-bond donors (Lipinski definition) is 1. The molecule has 1 aliphatic rings. The van der Waals surface area contributed by atoms with Crippen LogP contribution in [0.5, 0.6) is 0 Å². The topological polar surface area (TPSA) is 32.3 Å². The van der Waals surface area contributed by atoms with E-state index < -0.39 is 10.8 Å². The highest BCUT2D eigenvalue weighted by Crippen LogP contribution is 2.32. The van der Waals surface area contributed by atoms with Crippen LogP contribution in [0.2, 0.25) is 0 Å². The number of thiocarbonyl (C=S) groups is 1. The molecule has 0 radical (unpaired) electrons. The molecule has 2 aromatic rings. The summed E-state index contributed by atoms with van der Waals surface area (Å²) in [6, 6.07) is 17.5. The molecule has 0 aromatic heterocycles. The summed E-state index contributed by atoms with van der Waals surface area (Å²) in [4.78, 5) is 2.68. The van der Waals surface area contributed by atoms with Crippen LogP contribution in [0, 0.1) is 0 Å². The predicted octanol–water partition coefficient (Wildman–Crippen LogP) is 2.97. The summed E-state index contributed by atoms with van der Waals surface area (Å²) in [5, 5.41) is 3.28. The average molecular weight is 288 g/mol. The summed E-state index contributed by atoms with van der Waals surface area (Å²) in [6.07, 6.45) is 0. The van der Waals surface area contributed by atoms with Gasteiger partial charge in [0.25, 0.3) is 0 Å². The van der Waals surface area contributed by atoms with E-state index in [0.717, 1.165) is 16.3 Å². The Morgan fingerprint density at radius 3 is 2.53 bits per heavy atom. The van der Waals surface area contributed by atoms with Gasteiger partial charge in [-0.05, 0) is 36.5 Å². The van der Waals surface area contributed by atoms with E-state index >= 15 is 0 Å². The summed E-state index contributed by atoms with van der Waals surface area (Å²) < 4.78 is 12.6. The molecule has 19 heavy (non-hydrogen) atoms. The van der Waals surface area contributed by atoms with Crippen LogP contribution in [-0.2, 0) is 10.8 Å². The van der Waals surface area contributed by atoms with E-state index in [1.807, 2.05) is 59.5 Å². The van der Waals surface area contributed by atoms with Gasteiger partial charge in [-0.25, -0.2) is 4.21 Å². The monoisotopic (exact) mass is 288 g/mol. The molecular weight excluding hydrogens is 276 g/mol. The lowest BCUT2D eigenvalue weighted by molar-refractivity contribution is 0.691. The first-order chi connectivity index (χ1) is 9.27. The molecule has 0 bridgehead atoms. The molecule has 0 saturated carbocycles. The fourth-order valence-corrected chi connectivity index (χ4v) is 3.56. The summed E-state index contributed by atoms with van der Waals surface area (Å²) in [5.41, 5.74) is 1.94. The number of fused-ring (bicyclic) bond motifs is 1. The highest BCUT2D eigenvalue weighted by atomic mass is 32.2. The molecule has 1 heterocycles. The second kappa shape index (κ2) is 5.11. The fraction of sp³-hybridized carbons (Fsp3) is 0.0714. The summed E-state index contributed by atoms with van der Waals surface area (Å²) >= 11 is 5.27. The lowest BCUT2D eigenvalue weighted by atomic mass is 10.3. The third-order valence-corrected chi connectivity index (χ3v) is 4.91. The van der Waals surface area contributed by atoms with Crippen LogP contribution < -0.4 is 10.2 Å². The number of para-hydroxylation sites is 2. The minimum Gasteiger partial charge on any atom is -0.367 e. The first-order valence-electron chi connectivity index (χ1n) is 5.88. The number of hydrogen-bond acceptors (Lipinski definition) is 3. The summed E-state index contributed by atoms with van der Waals surface area (Å²) in [5.74, 6) is 0. The van der Waals surface area contributed by atoms with Gasteiger partial charge in [-0.1, -0.05) is 30.3 Å². The predicted molar refractivity (Wildman–Crippen MR) is 82.9 cm³/mol. The first kappa shape index (κ1) is 12.3. The molecule has 3 rings (SSSR count). The van der Waals surface area contributed by atoms with Gasteiger partial charge in [0, 0.05) is 5.69 Å². The Kier molecular flexibility index (Phi) is 3.31. The number of benzene rings is 2. The molecule has 0 spiro atoms. The van der Waals surface area contributed by atoms with E-state index in [0.29, 0.717) is 11.0 Å². The van der Waals surface area contributed by atoms with E-state index in [4.69, 9.17) is 12.2 Å². The SMILES string of the molecule is O=S1C(=S)N(CNc2ccccc2)c2ccccc21. The molecule has 1 atom stereocenters. The van der Waals surface area contributed by atoms with Crippen molar-refractivity contribution in [2.75, 3.05) is 16.9 Å². The third kappa shape index (κ3) is 2.27. The van der Waals surface area contributed by atoms with E-state index in [9.17, 15) is 4.21 Å². The van der Waals surface area contributed by atoms with Crippen molar-refractivity contribution in [2.45, 2.75) is 4.90 Å². The summed E-state index contributed by atoms with van der Waals surface area (Å²) in [7, 11) is -1.21. The van der Waals surface area contributed by atoms with Gasteiger partial charge in [0.1, 0.15) is 10.8 Å². The van der Waals surface area contributed by atoms with Gasteiger partial charge in [-0.2, -0.15) is 0 Å². The molecule has 1 unspecified atom stereocenters. The molecule has 2 aromatic carbocycles. The Hall–Kier alpha value is -1.72. The zero-order valence-corrected chi connectivity index (χ0v) is 11.7. The van der Waals surface area contributed by atoms with Gasteiger partial charge in [0.05, 0.1) is 17.3 Å². The van der Waals surface area contributed by atoms with Crippen LogP contribution in [0.1, 0.15) is 0 Å². The Balaban J connectivity index is 1.82. The fourth-order valence-electron chi connectivity index (χ4n) is 2.01. The van der Waals surface area contributed by atoms with Crippen LogP contribution in [0.15, 0.2) is 59.5 Å². The van der Waals surface area contributed by atoms with Crippen molar-refractivity contribution >= 4 is 38.7 Å². The average Bonchev–Trinajstić information content (AvgIpc) is 2.71. The standard InChI is InChI=1S/C14H12N2OS2/c17-19-13-9-5-4-8-12(13)16(14(19)18)10-15-11-6-2-1-3-7-11/h1-9,15H,10H2. The highest BCUT2D eigenvalue weighted by Gasteiger charge is 2.30. The van der Waals surface area contributed by atoms with Crippen molar-refractivity contribution in [3.63, 3.8) is 0 Å². The van der Waals surface area contributed by atoms with Gasteiger partial charge in [-0.3, -0.25) is 0 Å². The normalized spacial score (nSPS) is 17.4. The van der Waals surface area contributed by atoms with E-state index in [2.05, 4.69) is 5.32 Å². The lowest BCUT2D eigenvalue weighted by Crippen LogP contribution is -2.31. The van der Waals surface area contributed by atoms with Crippen molar-refractivity contribution in [1.82, 2.24) is 0 Å². The van der Waals surface area contributed by atoms with Crippen molar-refractivity contribution < 1.29 is 4.21 Å². The van der Waals surface area contributed by atoms with Crippen LogP contribution in [0.3, 0.4) is 0 Å². The quantitative estimate of drug-likeness (QED) is 0.695. The smallest absolute Gasteiger partial charge is 0.178 e. The molecular formula is C14H12N2OS2. The van der Waals surface area contributed by atoms with Crippen LogP contribution >= 0.6 is 12.2 Å². The van der Waals surface area contributed by atoms with Gasteiger partial charge >= 0.3 is 0 Å². The minimum atomic E-state index is -1.21. The van der Waals surface area contributed by atoms with E-state index in [1.54, 1.807) is 0 Å². The number of nitrogens with one attached hydrogen (secondary N) is 1. The van der Waals surface area contributed by atoms with Crippen molar-refractivity contribution in [3.05, 3.63) is 54.6 Å². The lowest BCUT2D eigenvalue weighted by Gasteiger charge is -2.19. The zero-order valence-electron chi connectivity index (χ0n) is 10.1. The number of anilines is 2. The van der Waals surface area contributed by atoms with Crippen LogP contribution in [-0.4, -0.2) is 15.2 Å². The zero-order chi connectivity index (χ0) is 13.2. The Labute approximate surface area is 119 Å². The molecule has 96 valence electrons. The van der Waals surface area contributed by atoms with Crippen LogP contribution in [0.25, 0.3) is 0 Å². The van der Waals surface area contributed by atoms with E-state index in [1.165, 1.54) is 0 Å². The molecule has 0 aliphatic carbocycles. The van der Waals surface area contributed by atoms with Gasteiger partial charge in [-0.15, -0.1) is 0 Å². The van der Waals surface area contributed by atoms with E-state index in [-0.39, 0.29) is 0 Å². The number of nitrogens with zero attached hydrogens (tertiary/aromatic N) is 1. The second-order valence-electron chi connectivity index (χ2n) is 4.13. The van der Waals surface area contributed by atoms with Crippen molar-refractivity contribution in [2.24, 2.45) is 0 Å². The Morgan fingerprint density at radius 2 is 1.74 bits per heavy atom. The van der Waals surface area contributed by atoms with Crippen LogP contribution in [0.4, 0.5) is 11.4 Å². The number of rotatable bonds is 3. The minimum absolute atomic E-state index is 0.463. The Bertz CT molecular complexity index is 643. The molecule has 0 fully saturated rings. The van der Waals surface area contributed by atoms with Crippen molar-refractivity contribution in [1.29, 1.82) is 0 Å². The van der Waals surface area contributed by atoms with Gasteiger partial charge in [0.2, 0.25) is 0 Å². The molecule has 1 N–H and O–H groups in total. The largest absolute Gasteiger partial charge is 0.367 e. The maximum atomic E-state index is 12.1. The van der Waals surface area contributed by atoms with Crippen molar-refractivity contribution in [3.8, 4) is 0 Å². The second-order valence-corrected chi connectivity index (χ2v) is 6.14. The van der Waals surface area contributed by atoms with Gasteiger partial charge < -0.3 is 10.2 Å². The summed E-state index contributed by atoms with van der Waals surface area (Å²) in [6.45, 7) is 0.519. The molecule has 1 aliphatic heterocycles. The van der Waals surface area contributed by atoms with Gasteiger partial charge in [0.15, 0.2) is 4.32 Å². The maximum Gasteiger partial charge on any atom is 0.178 e. The molecule has 0 amide bonds. The highest BCUT2D eigenvalue weighted by molar-refractivity contribution is 8.14. The Morgan fingerprint density at radius 1 is 1.05 bits per heavy atom. The molecule has 3 nitrogen and oxygen atoms in total. The first-order valence-corrected chi connectivity index (χ1v) is 7.44. The third-order valence-electron chi connectivity index (χ3n) is 2.95. The maximum absolute atomic E-state index is 12.1. The molecule has 0 saturated heterocycles.